The molecule has 2 N–H and O–H groups in total. The predicted octanol–water partition coefficient (Wildman–Crippen LogP) is 2.83. The van der Waals surface area contributed by atoms with Gasteiger partial charge in [-0.25, -0.2) is 0 Å². The van der Waals surface area contributed by atoms with Crippen molar-refractivity contribution in [3.05, 3.63) is 28.6 Å². The van der Waals surface area contributed by atoms with Gasteiger partial charge in [0.15, 0.2) is 0 Å². The van der Waals surface area contributed by atoms with Crippen LogP contribution >= 0.6 is 0 Å². The molecule has 21 heavy (non-hydrogen) atoms. The van der Waals surface area contributed by atoms with Crippen molar-refractivity contribution >= 4 is 17.3 Å². The Morgan fingerprint density at radius 3 is 2.76 bits per heavy atom. The Morgan fingerprint density at radius 2 is 2.14 bits per heavy atom. The molecule has 0 aliphatic heterocycles. The van der Waals surface area contributed by atoms with Crippen LogP contribution in [0.5, 0.6) is 0 Å². The Morgan fingerprint density at radius 1 is 1.43 bits per heavy atom. The molecule has 0 amide bonds. The van der Waals surface area contributed by atoms with Crippen LogP contribution in [-0.4, -0.2) is 27.5 Å². The molecule has 2 rings (SSSR count). The van der Waals surface area contributed by atoms with E-state index in [4.69, 9.17) is 5.11 Å². The lowest BCUT2D eigenvalue weighted by Gasteiger charge is -2.36. The number of hydrogen-bond acceptors (Lipinski definition) is 5. The average Bonchev–Trinajstić information content (AvgIpc) is 2.46. The summed E-state index contributed by atoms with van der Waals surface area (Å²) in [5.74, 6) is -0.817. The minimum atomic E-state index is -0.817. The predicted molar refractivity (Wildman–Crippen MR) is 77.2 cm³/mol. The molecule has 0 spiro atoms. The van der Waals surface area contributed by atoms with Gasteiger partial charge in [0.1, 0.15) is 11.9 Å². The maximum absolute atomic E-state index is 11.1. The topological polar surface area (TPSA) is 105 Å². The molecule has 0 unspecified atom stereocenters. The van der Waals surface area contributed by atoms with E-state index in [2.05, 4.69) is 10.3 Å². The molecule has 1 heterocycles. The molecule has 7 nitrogen and oxygen atoms in total. The second-order valence-electron chi connectivity index (χ2n) is 5.63. The van der Waals surface area contributed by atoms with Crippen molar-refractivity contribution in [1.29, 1.82) is 0 Å². The van der Waals surface area contributed by atoms with Crippen LogP contribution in [0.3, 0.4) is 0 Å². The molecule has 1 aliphatic rings. The number of carbonyl (C=O) groups is 1. The van der Waals surface area contributed by atoms with E-state index in [1.807, 2.05) is 0 Å². The molecule has 1 fully saturated rings. The fourth-order valence-electron chi connectivity index (χ4n) is 3.00. The summed E-state index contributed by atoms with van der Waals surface area (Å²) in [6.07, 6.45) is 7.60. The first-order valence-electron chi connectivity index (χ1n) is 7.06. The quantitative estimate of drug-likeness (QED) is 0.617. The summed E-state index contributed by atoms with van der Waals surface area (Å²) in [4.78, 5) is 25.3. The normalized spacial score (nSPS) is 17.1. The number of rotatable bonds is 6. The maximum Gasteiger partial charge on any atom is 0.310 e. The minimum Gasteiger partial charge on any atom is -0.481 e. The Labute approximate surface area is 122 Å². The summed E-state index contributed by atoms with van der Waals surface area (Å²) in [5.41, 5.74) is -0.00886. The van der Waals surface area contributed by atoms with Crippen LogP contribution in [0.15, 0.2) is 18.5 Å². The van der Waals surface area contributed by atoms with E-state index in [0.29, 0.717) is 12.2 Å². The van der Waals surface area contributed by atoms with Gasteiger partial charge >= 0.3 is 11.7 Å². The number of carboxylic acids is 1. The summed E-state index contributed by atoms with van der Waals surface area (Å²) in [5, 5.41) is 23.2. The molecule has 0 radical (unpaired) electrons. The SMILES string of the molecule is O=C(O)CC1(CNc2ccncc2[N+](=O)[O-])CCCCC1. The van der Waals surface area contributed by atoms with E-state index in [1.54, 1.807) is 6.07 Å². The molecule has 1 saturated carbocycles. The highest BCUT2D eigenvalue weighted by molar-refractivity contribution is 5.68. The highest BCUT2D eigenvalue weighted by Gasteiger charge is 2.34. The van der Waals surface area contributed by atoms with Gasteiger partial charge in [-0.1, -0.05) is 19.3 Å². The first-order valence-corrected chi connectivity index (χ1v) is 7.06. The molecule has 114 valence electrons. The van der Waals surface area contributed by atoms with Gasteiger partial charge in [0.05, 0.1) is 11.3 Å². The zero-order valence-corrected chi connectivity index (χ0v) is 11.7. The number of pyridine rings is 1. The molecule has 1 aromatic heterocycles. The molecule has 0 aromatic carbocycles. The Bertz CT molecular complexity index is 527. The van der Waals surface area contributed by atoms with E-state index < -0.39 is 10.9 Å². The zero-order chi connectivity index (χ0) is 15.3. The number of anilines is 1. The molecule has 7 heteroatoms. The molecule has 1 aromatic rings. The van der Waals surface area contributed by atoms with E-state index in [0.717, 1.165) is 32.1 Å². The lowest BCUT2D eigenvalue weighted by Crippen LogP contribution is -2.34. The average molecular weight is 293 g/mol. The summed E-state index contributed by atoms with van der Waals surface area (Å²) in [6.45, 7) is 0.435. The van der Waals surface area contributed by atoms with Crippen LogP contribution in [0, 0.1) is 15.5 Å². The van der Waals surface area contributed by atoms with E-state index in [1.165, 1.54) is 12.4 Å². The standard InChI is InChI=1S/C14H19N3O4/c18-13(19)8-14(5-2-1-3-6-14)10-16-11-4-7-15-9-12(11)17(20)21/h4,7,9H,1-3,5-6,8,10H2,(H,15,16)(H,18,19). The van der Waals surface area contributed by atoms with Crippen LogP contribution in [0.25, 0.3) is 0 Å². The largest absolute Gasteiger partial charge is 0.481 e. The van der Waals surface area contributed by atoms with Crippen LogP contribution < -0.4 is 5.32 Å². The molecule has 0 atom stereocenters. The second kappa shape index (κ2) is 6.51. The monoisotopic (exact) mass is 293 g/mol. The highest BCUT2D eigenvalue weighted by Crippen LogP contribution is 2.40. The van der Waals surface area contributed by atoms with E-state index in [9.17, 15) is 14.9 Å². The molecule has 0 saturated heterocycles. The highest BCUT2D eigenvalue weighted by atomic mass is 16.6. The Kier molecular flexibility index (Phi) is 4.72. The van der Waals surface area contributed by atoms with Crippen molar-refractivity contribution in [2.45, 2.75) is 38.5 Å². The van der Waals surface area contributed by atoms with Gasteiger partial charge in [0.25, 0.3) is 0 Å². The van der Waals surface area contributed by atoms with Crippen LogP contribution in [0.1, 0.15) is 38.5 Å². The summed E-state index contributed by atoms with van der Waals surface area (Å²) < 4.78 is 0. The summed E-state index contributed by atoms with van der Waals surface area (Å²) >= 11 is 0. The van der Waals surface area contributed by atoms with E-state index in [-0.39, 0.29) is 17.5 Å². The third-order valence-corrected chi connectivity index (χ3v) is 4.09. The summed E-state index contributed by atoms with van der Waals surface area (Å²) in [7, 11) is 0. The fourth-order valence-corrected chi connectivity index (χ4v) is 3.00. The first-order chi connectivity index (χ1) is 10.0. The number of nitro groups is 1. The Hall–Kier alpha value is -2.18. The van der Waals surface area contributed by atoms with Crippen LogP contribution in [0.2, 0.25) is 0 Å². The number of nitrogens with zero attached hydrogens (tertiary/aromatic N) is 2. The minimum absolute atomic E-state index is 0.0845. The van der Waals surface area contributed by atoms with Gasteiger partial charge < -0.3 is 10.4 Å². The second-order valence-corrected chi connectivity index (χ2v) is 5.63. The lowest BCUT2D eigenvalue weighted by atomic mass is 9.71. The van der Waals surface area contributed by atoms with E-state index >= 15 is 0 Å². The van der Waals surface area contributed by atoms with Crippen molar-refractivity contribution in [2.75, 3.05) is 11.9 Å². The third kappa shape index (κ3) is 3.90. The lowest BCUT2D eigenvalue weighted by molar-refractivity contribution is -0.384. The number of aromatic nitrogens is 1. The molecule has 1 aliphatic carbocycles. The number of nitrogens with one attached hydrogen (secondary N) is 1. The van der Waals surface area contributed by atoms with Crippen molar-refractivity contribution in [3.8, 4) is 0 Å². The van der Waals surface area contributed by atoms with Crippen molar-refractivity contribution in [1.82, 2.24) is 4.98 Å². The number of carboxylic acid groups (broad SMARTS) is 1. The third-order valence-electron chi connectivity index (χ3n) is 4.09. The maximum atomic E-state index is 11.1. The molecular weight excluding hydrogens is 274 g/mol. The van der Waals surface area contributed by atoms with Gasteiger partial charge in [-0.05, 0) is 24.3 Å². The van der Waals surface area contributed by atoms with Crippen LogP contribution in [0.4, 0.5) is 11.4 Å². The van der Waals surface area contributed by atoms with Gasteiger partial charge in [-0.15, -0.1) is 0 Å². The smallest absolute Gasteiger partial charge is 0.310 e. The Balaban J connectivity index is 2.11. The first kappa shape index (κ1) is 15.2. The summed E-state index contributed by atoms with van der Waals surface area (Å²) in [6, 6.07) is 1.55. The van der Waals surface area contributed by atoms with Crippen molar-refractivity contribution < 1.29 is 14.8 Å². The van der Waals surface area contributed by atoms with Gasteiger partial charge in [-0.2, -0.15) is 0 Å². The number of hydrogen-bond donors (Lipinski definition) is 2. The fraction of sp³-hybridized carbons (Fsp3) is 0.571. The van der Waals surface area contributed by atoms with Crippen LogP contribution in [-0.2, 0) is 4.79 Å². The van der Waals surface area contributed by atoms with Gasteiger partial charge in [0, 0.05) is 12.7 Å². The van der Waals surface area contributed by atoms with Crippen molar-refractivity contribution in [3.63, 3.8) is 0 Å². The van der Waals surface area contributed by atoms with Gasteiger partial charge in [-0.3, -0.25) is 19.9 Å². The number of aliphatic carboxylic acids is 1. The molecule has 0 bridgehead atoms. The van der Waals surface area contributed by atoms with Crippen molar-refractivity contribution in [2.24, 2.45) is 5.41 Å². The zero-order valence-electron chi connectivity index (χ0n) is 11.7. The molecular formula is C14H19N3O4. The van der Waals surface area contributed by atoms with Gasteiger partial charge in [0.2, 0.25) is 0 Å².